The monoisotopic (exact) mass is 430 g/mol. The molecule has 0 aromatic heterocycles. The van der Waals surface area contributed by atoms with Crippen LogP contribution < -0.4 is 10.6 Å². The van der Waals surface area contributed by atoms with Crippen molar-refractivity contribution in [2.45, 2.75) is 79.1 Å². The standard InChI is InChI=1S/C23H34N4O4/c1-14(2)25-20(28)19(18-10-9-15(3)16(4)13-18)27(12-11-24)21(29)17(5)26-22(30)31-23(6,7)8/h9-10,13-14,17,19H,12H2,1-8H3,(H,25,28)(H,26,30). The summed E-state index contributed by atoms with van der Waals surface area (Å²) in [6.07, 6.45) is -0.750. The molecule has 0 bridgehead atoms. The van der Waals surface area contributed by atoms with Crippen LogP contribution >= 0.6 is 0 Å². The second-order valence-corrected chi connectivity index (χ2v) is 8.90. The van der Waals surface area contributed by atoms with Crippen LogP contribution in [0.4, 0.5) is 4.79 Å². The molecule has 8 nitrogen and oxygen atoms in total. The smallest absolute Gasteiger partial charge is 0.408 e. The Kier molecular flexibility index (Phi) is 9.04. The third kappa shape index (κ3) is 7.93. The van der Waals surface area contributed by atoms with Gasteiger partial charge in [0.05, 0.1) is 6.07 Å². The number of amides is 3. The van der Waals surface area contributed by atoms with E-state index in [1.165, 1.54) is 11.8 Å². The molecule has 0 fully saturated rings. The maximum absolute atomic E-state index is 13.2. The molecule has 31 heavy (non-hydrogen) atoms. The molecule has 0 saturated carbocycles. The van der Waals surface area contributed by atoms with Crippen molar-refractivity contribution in [2.75, 3.05) is 6.54 Å². The first-order valence-corrected chi connectivity index (χ1v) is 10.3. The van der Waals surface area contributed by atoms with Crippen LogP contribution in [-0.2, 0) is 14.3 Å². The lowest BCUT2D eigenvalue weighted by Gasteiger charge is -2.32. The second kappa shape index (κ2) is 10.8. The summed E-state index contributed by atoms with van der Waals surface area (Å²) in [6.45, 7) is 13.8. The van der Waals surface area contributed by atoms with Gasteiger partial charge >= 0.3 is 6.09 Å². The SMILES string of the molecule is Cc1ccc(C(C(=O)NC(C)C)N(CC#N)C(=O)C(C)NC(=O)OC(C)(C)C)cc1C. The van der Waals surface area contributed by atoms with Gasteiger partial charge in [-0.1, -0.05) is 18.2 Å². The number of alkyl carbamates (subject to hydrolysis) is 1. The van der Waals surface area contributed by atoms with Crippen LogP contribution in [-0.4, -0.2) is 47.0 Å². The molecule has 0 saturated heterocycles. The molecule has 2 unspecified atom stereocenters. The zero-order valence-corrected chi connectivity index (χ0v) is 19.7. The van der Waals surface area contributed by atoms with E-state index in [-0.39, 0.29) is 12.6 Å². The Balaban J connectivity index is 3.30. The molecule has 2 atom stereocenters. The average Bonchev–Trinajstić information content (AvgIpc) is 2.61. The number of hydrogen-bond acceptors (Lipinski definition) is 5. The summed E-state index contributed by atoms with van der Waals surface area (Å²) in [5.41, 5.74) is 1.88. The minimum Gasteiger partial charge on any atom is -0.444 e. The molecule has 1 aromatic rings. The fourth-order valence-electron chi connectivity index (χ4n) is 2.94. The Bertz CT molecular complexity index is 852. The highest BCUT2D eigenvalue weighted by molar-refractivity contribution is 5.92. The number of nitrogens with one attached hydrogen (secondary N) is 2. The summed E-state index contributed by atoms with van der Waals surface area (Å²) >= 11 is 0. The second-order valence-electron chi connectivity index (χ2n) is 8.90. The molecule has 8 heteroatoms. The molecule has 0 radical (unpaired) electrons. The lowest BCUT2D eigenvalue weighted by molar-refractivity contribution is -0.141. The molecule has 170 valence electrons. The van der Waals surface area contributed by atoms with E-state index in [9.17, 15) is 19.6 Å². The quantitative estimate of drug-likeness (QED) is 0.646. The van der Waals surface area contributed by atoms with Crippen molar-refractivity contribution in [3.63, 3.8) is 0 Å². The average molecular weight is 431 g/mol. The van der Waals surface area contributed by atoms with Crippen molar-refractivity contribution in [1.82, 2.24) is 15.5 Å². The van der Waals surface area contributed by atoms with Gasteiger partial charge in [-0.15, -0.1) is 0 Å². The number of aryl methyl sites for hydroxylation is 2. The summed E-state index contributed by atoms with van der Waals surface area (Å²) in [4.78, 5) is 39.6. The molecule has 0 aliphatic carbocycles. The molecule has 3 amide bonds. The van der Waals surface area contributed by atoms with Crippen LogP contribution in [0, 0.1) is 25.2 Å². The molecule has 0 heterocycles. The van der Waals surface area contributed by atoms with Crippen LogP contribution in [0.25, 0.3) is 0 Å². The maximum Gasteiger partial charge on any atom is 0.408 e. The number of benzene rings is 1. The van der Waals surface area contributed by atoms with Crippen LogP contribution in [0.3, 0.4) is 0 Å². The number of nitrogens with zero attached hydrogens (tertiary/aromatic N) is 2. The minimum absolute atomic E-state index is 0.155. The first kappa shape index (κ1) is 26.0. The molecular weight excluding hydrogens is 396 g/mol. The Hall–Kier alpha value is -3.08. The summed E-state index contributed by atoms with van der Waals surface area (Å²) in [5.74, 6) is -0.958. The highest BCUT2D eigenvalue weighted by Crippen LogP contribution is 2.24. The molecule has 0 aliphatic heterocycles. The van der Waals surface area contributed by atoms with E-state index >= 15 is 0 Å². The summed E-state index contributed by atoms with van der Waals surface area (Å²) in [7, 11) is 0. The highest BCUT2D eigenvalue weighted by Gasteiger charge is 2.35. The number of carbonyl (C=O) groups is 3. The van der Waals surface area contributed by atoms with E-state index in [0.29, 0.717) is 5.56 Å². The fourth-order valence-corrected chi connectivity index (χ4v) is 2.94. The maximum atomic E-state index is 13.2. The van der Waals surface area contributed by atoms with Gasteiger partial charge in [-0.3, -0.25) is 9.59 Å². The minimum atomic E-state index is -1.02. The van der Waals surface area contributed by atoms with Gasteiger partial charge in [-0.25, -0.2) is 4.79 Å². The van der Waals surface area contributed by atoms with E-state index in [0.717, 1.165) is 11.1 Å². The van der Waals surface area contributed by atoms with Gasteiger partial charge in [0, 0.05) is 6.04 Å². The van der Waals surface area contributed by atoms with Crippen LogP contribution in [0.5, 0.6) is 0 Å². The first-order chi connectivity index (χ1) is 14.3. The van der Waals surface area contributed by atoms with Crippen molar-refractivity contribution >= 4 is 17.9 Å². The molecule has 0 aliphatic rings. The summed E-state index contributed by atoms with van der Waals surface area (Å²) in [6, 6.07) is 5.28. The van der Waals surface area contributed by atoms with Gasteiger partial charge < -0.3 is 20.3 Å². The number of hydrogen-bond donors (Lipinski definition) is 2. The third-order valence-corrected chi connectivity index (χ3v) is 4.47. The van der Waals surface area contributed by atoms with E-state index in [2.05, 4.69) is 10.6 Å². The van der Waals surface area contributed by atoms with E-state index < -0.39 is 35.6 Å². The van der Waals surface area contributed by atoms with Gasteiger partial charge in [0.25, 0.3) is 0 Å². The first-order valence-electron chi connectivity index (χ1n) is 10.3. The summed E-state index contributed by atoms with van der Waals surface area (Å²) in [5, 5.41) is 14.7. The molecule has 2 N–H and O–H groups in total. The number of ether oxygens (including phenoxy) is 1. The lowest BCUT2D eigenvalue weighted by atomic mass is 9.98. The van der Waals surface area contributed by atoms with Gasteiger partial charge in [-0.2, -0.15) is 5.26 Å². The van der Waals surface area contributed by atoms with Crippen molar-refractivity contribution < 1.29 is 19.1 Å². The Morgan fingerprint density at radius 1 is 1.10 bits per heavy atom. The van der Waals surface area contributed by atoms with Crippen molar-refractivity contribution in [2.24, 2.45) is 0 Å². The van der Waals surface area contributed by atoms with Gasteiger partial charge in [0.15, 0.2) is 0 Å². The van der Waals surface area contributed by atoms with Crippen LogP contribution in [0.15, 0.2) is 18.2 Å². The van der Waals surface area contributed by atoms with Crippen LogP contribution in [0.2, 0.25) is 0 Å². The molecule has 1 rings (SSSR count). The Morgan fingerprint density at radius 2 is 1.71 bits per heavy atom. The number of rotatable bonds is 7. The molecule has 1 aromatic carbocycles. The number of carbonyl (C=O) groups excluding carboxylic acids is 3. The Morgan fingerprint density at radius 3 is 2.19 bits per heavy atom. The molecular formula is C23H34N4O4. The van der Waals surface area contributed by atoms with Crippen molar-refractivity contribution in [3.8, 4) is 6.07 Å². The number of nitriles is 1. The normalized spacial score (nSPS) is 13.0. The van der Waals surface area contributed by atoms with Crippen molar-refractivity contribution in [3.05, 3.63) is 34.9 Å². The van der Waals surface area contributed by atoms with Crippen molar-refractivity contribution in [1.29, 1.82) is 5.26 Å². The highest BCUT2D eigenvalue weighted by atomic mass is 16.6. The van der Waals surface area contributed by atoms with Gasteiger partial charge in [0.2, 0.25) is 11.8 Å². The fraction of sp³-hybridized carbons (Fsp3) is 0.565. The predicted octanol–water partition coefficient (Wildman–Crippen LogP) is 3.13. The van der Waals surface area contributed by atoms with E-state index in [1.54, 1.807) is 26.8 Å². The summed E-state index contributed by atoms with van der Waals surface area (Å²) < 4.78 is 5.21. The van der Waals surface area contributed by atoms with Crippen LogP contribution in [0.1, 0.15) is 64.3 Å². The zero-order chi connectivity index (χ0) is 23.9. The van der Waals surface area contributed by atoms with E-state index in [4.69, 9.17) is 4.74 Å². The predicted molar refractivity (Wildman–Crippen MR) is 118 cm³/mol. The lowest BCUT2D eigenvalue weighted by Crippen LogP contribution is -2.52. The Labute approximate surface area is 184 Å². The third-order valence-electron chi connectivity index (χ3n) is 4.47. The van der Waals surface area contributed by atoms with E-state index in [1.807, 2.05) is 45.9 Å². The van der Waals surface area contributed by atoms with Gasteiger partial charge in [-0.05, 0) is 72.1 Å². The van der Waals surface area contributed by atoms with Gasteiger partial charge in [0.1, 0.15) is 24.2 Å². The largest absolute Gasteiger partial charge is 0.444 e. The zero-order valence-electron chi connectivity index (χ0n) is 19.7. The molecule has 0 spiro atoms. The topological polar surface area (TPSA) is 112 Å².